The van der Waals surface area contributed by atoms with Gasteiger partial charge in [0, 0.05) is 0 Å². The van der Waals surface area contributed by atoms with Crippen molar-refractivity contribution in [2.75, 3.05) is 0 Å². The maximum atomic E-state index is 12.6. The lowest BCUT2D eigenvalue weighted by atomic mass is 10.1. The Hall–Kier alpha value is -2.31. The molecule has 6 nitrogen and oxygen atoms in total. The zero-order chi connectivity index (χ0) is 18.9. The summed E-state index contributed by atoms with van der Waals surface area (Å²) in [5.74, 6) is -2.75. The van der Waals surface area contributed by atoms with Crippen LogP contribution in [0.2, 0.25) is 0 Å². The predicted molar refractivity (Wildman–Crippen MR) is 65.6 cm³/mol. The highest BCUT2D eigenvalue weighted by atomic mass is 32.2. The monoisotopic (exact) mass is 378 g/mol. The van der Waals surface area contributed by atoms with Crippen LogP contribution in [0.5, 0.6) is 0 Å². The minimum absolute atomic E-state index is 0.0743. The quantitative estimate of drug-likeness (QED) is 0.610. The Bertz CT molecular complexity index is 737. The number of carbonyl (C=O) groups is 2. The van der Waals surface area contributed by atoms with E-state index in [4.69, 9.17) is 0 Å². The first-order valence-electron chi connectivity index (χ1n) is 5.76. The second-order valence-electron chi connectivity index (χ2n) is 4.41. The molecule has 1 aromatic rings. The van der Waals surface area contributed by atoms with Crippen molar-refractivity contribution in [1.29, 1.82) is 0 Å². The van der Waals surface area contributed by atoms with Crippen LogP contribution in [0.3, 0.4) is 0 Å². The van der Waals surface area contributed by atoms with Crippen molar-refractivity contribution in [2.45, 2.75) is 23.7 Å². The van der Waals surface area contributed by atoms with E-state index in [1.165, 1.54) is 0 Å². The number of amides is 2. The van der Waals surface area contributed by atoms with Crippen molar-refractivity contribution in [1.82, 2.24) is 4.72 Å². The van der Waals surface area contributed by atoms with Gasteiger partial charge in [0.15, 0.2) is 0 Å². The zero-order valence-electron chi connectivity index (χ0n) is 11.3. The van der Waals surface area contributed by atoms with Gasteiger partial charge in [-0.3, -0.25) is 9.59 Å². The Kier molecular flexibility index (Phi) is 5.18. The molecule has 0 saturated heterocycles. The van der Waals surface area contributed by atoms with E-state index in [9.17, 15) is 44.3 Å². The Balaban J connectivity index is 3.41. The third-order valence-corrected chi connectivity index (χ3v) is 3.81. The largest absolute Gasteiger partial charge is 0.416 e. The van der Waals surface area contributed by atoms with Crippen LogP contribution in [0.25, 0.3) is 0 Å². The minimum atomic E-state index is -5.26. The summed E-state index contributed by atoms with van der Waals surface area (Å²) in [6.45, 7) is 0. The molecule has 0 aliphatic carbocycles. The van der Waals surface area contributed by atoms with E-state index < -0.39 is 56.6 Å². The van der Waals surface area contributed by atoms with Gasteiger partial charge in [-0.2, -0.15) is 26.3 Å². The highest BCUT2D eigenvalue weighted by molar-refractivity contribution is 7.90. The van der Waals surface area contributed by atoms with Crippen LogP contribution >= 0.6 is 0 Å². The molecule has 0 atom stereocenters. The fraction of sp³-hybridized carbons (Fsp3) is 0.273. The number of rotatable bonds is 4. The molecular formula is C11H8F6N2O4S. The molecule has 0 bridgehead atoms. The van der Waals surface area contributed by atoms with E-state index in [0.29, 0.717) is 0 Å². The van der Waals surface area contributed by atoms with Gasteiger partial charge in [0.1, 0.15) is 6.42 Å². The van der Waals surface area contributed by atoms with Gasteiger partial charge in [-0.05, 0) is 18.2 Å². The number of benzene rings is 1. The molecule has 3 N–H and O–H groups in total. The molecule has 0 aromatic heterocycles. The summed E-state index contributed by atoms with van der Waals surface area (Å²) in [7, 11) is -5.08. The molecule has 0 heterocycles. The summed E-state index contributed by atoms with van der Waals surface area (Å²) in [6, 6.07) is -0.422. The highest BCUT2D eigenvalue weighted by Crippen LogP contribution is 2.37. The lowest BCUT2D eigenvalue weighted by Crippen LogP contribution is -2.33. The summed E-state index contributed by atoms with van der Waals surface area (Å²) in [4.78, 5) is 20.2. The van der Waals surface area contributed by atoms with Crippen LogP contribution < -0.4 is 10.5 Å². The Morgan fingerprint density at radius 3 is 1.71 bits per heavy atom. The fourth-order valence-corrected chi connectivity index (χ4v) is 2.54. The lowest BCUT2D eigenvalue weighted by Gasteiger charge is -2.14. The number of alkyl halides is 6. The molecule has 1 rings (SSSR count). The molecule has 1 aromatic carbocycles. The third kappa shape index (κ3) is 5.11. The van der Waals surface area contributed by atoms with Crippen LogP contribution in [0.1, 0.15) is 17.5 Å². The molecule has 0 spiro atoms. The number of nitrogens with one attached hydrogen (secondary N) is 1. The third-order valence-electron chi connectivity index (χ3n) is 2.45. The first-order valence-corrected chi connectivity index (χ1v) is 7.24. The average molecular weight is 378 g/mol. The SMILES string of the molecule is NC(=O)CC(=O)NS(=O)(=O)c1cc(C(F)(F)F)cc(C(F)(F)F)c1. The smallest absolute Gasteiger partial charge is 0.369 e. The summed E-state index contributed by atoms with van der Waals surface area (Å²) >= 11 is 0. The molecule has 0 unspecified atom stereocenters. The van der Waals surface area contributed by atoms with Gasteiger partial charge in [-0.1, -0.05) is 0 Å². The highest BCUT2D eigenvalue weighted by Gasteiger charge is 2.38. The molecule has 13 heteroatoms. The van der Waals surface area contributed by atoms with E-state index >= 15 is 0 Å². The summed E-state index contributed by atoms with van der Waals surface area (Å²) in [6.07, 6.45) is -11.6. The maximum Gasteiger partial charge on any atom is 0.416 e. The van der Waals surface area contributed by atoms with Crippen LogP contribution in [-0.4, -0.2) is 20.2 Å². The van der Waals surface area contributed by atoms with E-state index in [0.717, 1.165) is 4.72 Å². The molecule has 0 radical (unpaired) electrons. The van der Waals surface area contributed by atoms with E-state index in [1.807, 2.05) is 0 Å². The van der Waals surface area contributed by atoms with E-state index in [1.54, 1.807) is 0 Å². The lowest BCUT2D eigenvalue weighted by molar-refractivity contribution is -0.143. The fourth-order valence-electron chi connectivity index (χ4n) is 1.48. The average Bonchev–Trinajstić information content (AvgIpc) is 2.34. The van der Waals surface area contributed by atoms with E-state index in [-0.39, 0.29) is 18.2 Å². The molecule has 24 heavy (non-hydrogen) atoms. The van der Waals surface area contributed by atoms with Crippen LogP contribution in [0, 0.1) is 0 Å². The Labute approximate surface area is 130 Å². The summed E-state index contributed by atoms with van der Waals surface area (Å²) in [5, 5.41) is 0. The van der Waals surface area contributed by atoms with Gasteiger partial charge >= 0.3 is 12.4 Å². The van der Waals surface area contributed by atoms with Gasteiger partial charge in [-0.15, -0.1) is 0 Å². The van der Waals surface area contributed by atoms with Crippen molar-refractivity contribution in [3.8, 4) is 0 Å². The second-order valence-corrected chi connectivity index (χ2v) is 6.10. The molecule has 0 fully saturated rings. The molecule has 0 aliphatic heterocycles. The number of carbonyl (C=O) groups excluding carboxylic acids is 2. The molecule has 0 aliphatic rings. The summed E-state index contributed by atoms with van der Waals surface area (Å²) in [5.41, 5.74) is 0.871. The first-order chi connectivity index (χ1) is 10.6. The number of halogens is 6. The molecule has 0 saturated carbocycles. The maximum absolute atomic E-state index is 12.6. The zero-order valence-corrected chi connectivity index (χ0v) is 12.1. The first kappa shape index (κ1) is 19.7. The van der Waals surface area contributed by atoms with E-state index in [2.05, 4.69) is 5.73 Å². The normalized spacial score (nSPS) is 12.8. The van der Waals surface area contributed by atoms with Crippen molar-refractivity contribution in [3.05, 3.63) is 29.3 Å². The summed E-state index contributed by atoms with van der Waals surface area (Å²) < 4.78 is 101. The van der Waals surface area contributed by atoms with Gasteiger partial charge in [-0.25, -0.2) is 13.1 Å². The standard InChI is InChI=1S/C11H8F6N2O4S/c12-10(13,14)5-1-6(11(15,16)17)3-7(2-5)24(22,23)19-9(21)4-8(18)20/h1-3H,4H2,(H2,18,20)(H,19,21). The number of hydrogen-bond donors (Lipinski definition) is 2. The number of sulfonamides is 1. The minimum Gasteiger partial charge on any atom is -0.369 e. The number of hydrogen-bond acceptors (Lipinski definition) is 4. The van der Waals surface area contributed by atoms with Crippen molar-refractivity contribution >= 4 is 21.8 Å². The second kappa shape index (κ2) is 6.30. The molecule has 134 valence electrons. The van der Waals surface area contributed by atoms with Gasteiger partial charge < -0.3 is 5.73 Å². The topological polar surface area (TPSA) is 106 Å². The number of nitrogens with two attached hydrogens (primary N) is 1. The number of primary amides is 1. The Morgan fingerprint density at radius 1 is 0.958 bits per heavy atom. The van der Waals surface area contributed by atoms with Gasteiger partial charge in [0.2, 0.25) is 11.8 Å². The van der Waals surface area contributed by atoms with Crippen LogP contribution in [0.15, 0.2) is 23.1 Å². The predicted octanol–water partition coefficient (Wildman–Crippen LogP) is 1.40. The Morgan fingerprint density at radius 2 is 1.38 bits per heavy atom. The van der Waals surface area contributed by atoms with Crippen LogP contribution in [-0.2, 0) is 32.0 Å². The molecular weight excluding hydrogens is 370 g/mol. The van der Waals surface area contributed by atoms with Gasteiger partial charge in [0.25, 0.3) is 10.0 Å². The van der Waals surface area contributed by atoms with Gasteiger partial charge in [0.05, 0.1) is 16.0 Å². The van der Waals surface area contributed by atoms with Crippen molar-refractivity contribution in [2.24, 2.45) is 5.73 Å². The van der Waals surface area contributed by atoms with Crippen molar-refractivity contribution < 1.29 is 44.3 Å². The van der Waals surface area contributed by atoms with Crippen LogP contribution in [0.4, 0.5) is 26.3 Å². The van der Waals surface area contributed by atoms with Crippen molar-refractivity contribution in [3.63, 3.8) is 0 Å². The molecule has 2 amide bonds.